The Morgan fingerprint density at radius 3 is 2.58 bits per heavy atom. The number of hydrogen-bond acceptors (Lipinski definition) is 1. The van der Waals surface area contributed by atoms with Gasteiger partial charge in [0.2, 0.25) is 0 Å². The van der Waals surface area contributed by atoms with Gasteiger partial charge in [-0.15, -0.1) is 11.3 Å². The number of rotatable bonds is 2. The van der Waals surface area contributed by atoms with Crippen LogP contribution in [0.4, 0.5) is 5.69 Å². The van der Waals surface area contributed by atoms with Gasteiger partial charge in [-0.2, -0.15) is 0 Å². The smallest absolute Gasteiger partial charge is 0.142 e. The molecule has 0 amide bonds. The predicted molar refractivity (Wildman–Crippen MR) is 52.9 cm³/mol. The van der Waals surface area contributed by atoms with Crippen LogP contribution in [-0.4, -0.2) is 0 Å². The molecule has 0 bridgehead atoms. The van der Waals surface area contributed by atoms with Crippen molar-refractivity contribution >= 4 is 17.0 Å². The van der Waals surface area contributed by atoms with Crippen LogP contribution < -0.4 is 5.73 Å². The van der Waals surface area contributed by atoms with E-state index in [-0.39, 0.29) is 0 Å². The summed E-state index contributed by atoms with van der Waals surface area (Å²) in [6, 6.07) is 2.29. The quantitative estimate of drug-likeness (QED) is 0.728. The van der Waals surface area contributed by atoms with E-state index in [1.807, 2.05) is 11.3 Å². The Morgan fingerprint density at radius 2 is 2.17 bits per heavy atom. The van der Waals surface area contributed by atoms with E-state index in [1.54, 1.807) is 4.88 Å². The highest BCUT2D eigenvalue weighted by atomic mass is 32.1. The lowest BCUT2D eigenvalue weighted by atomic mass is 10.1. The molecule has 1 aromatic rings. The fraction of sp³-hybridized carbons (Fsp3) is 0.600. The molecule has 1 aliphatic rings. The van der Waals surface area contributed by atoms with Gasteiger partial charge < -0.3 is 5.73 Å². The Labute approximate surface area is 77.6 Å². The second-order valence-corrected chi connectivity index (χ2v) is 5.08. The molecule has 1 aliphatic carbocycles. The van der Waals surface area contributed by atoms with E-state index in [1.165, 1.54) is 23.4 Å². The lowest BCUT2D eigenvalue weighted by molar-refractivity contribution is -0.255. The van der Waals surface area contributed by atoms with Crippen molar-refractivity contribution in [1.29, 1.82) is 0 Å². The van der Waals surface area contributed by atoms with Crippen molar-refractivity contribution < 1.29 is 5.73 Å². The first-order valence-electron chi connectivity index (χ1n) is 4.64. The zero-order chi connectivity index (χ0) is 8.72. The van der Waals surface area contributed by atoms with Crippen LogP contribution in [0.15, 0.2) is 6.07 Å². The maximum atomic E-state index is 4.08. The summed E-state index contributed by atoms with van der Waals surface area (Å²) in [5, 5.41) is 0. The number of hydrogen-bond donors (Lipinski definition) is 1. The predicted octanol–water partition coefficient (Wildman–Crippen LogP) is 2.62. The Kier molecular flexibility index (Phi) is 1.97. The van der Waals surface area contributed by atoms with Crippen molar-refractivity contribution in [2.24, 2.45) is 0 Å². The van der Waals surface area contributed by atoms with Crippen LogP contribution in [0, 0.1) is 0 Å². The fourth-order valence-corrected chi connectivity index (χ4v) is 2.81. The van der Waals surface area contributed by atoms with Gasteiger partial charge in [0.05, 0.1) is 4.88 Å². The first kappa shape index (κ1) is 8.27. The highest BCUT2D eigenvalue weighted by Crippen LogP contribution is 2.45. The van der Waals surface area contributed by atoms with E-state index < -0.39 is 0 Å². The second-order valence-electron chi connectivity index (χ2n) is 3.97. The molecular formula is C10H16NS+. The van der Waals surface area contributed by atoms with Crippen LogP contribution in [0.5, 0.6) is 0 Å². The largest absolute Gasteiger partial charge is 0.324 e. The monoisotopic (exact) mass is 182 g/mol. The third kappa shape index (κ3) is 1.41. The standard InChI is InChI=1S/C10H15NS/c1-6(2)10-8(11)5-9(12-10)7-3-4-7/h5-7H,3-4,11H2,1-2H3/p+1. The van der Waals surface area contributed by atoms with Gasteiger partial charge in [-0.3, -0.25) is 0 Å². The molecule has 1 fully saturated rings. The summed E-state index contributed by atoms with van der Waals surface area (Å²) in [4.78, 5) is 3.06. The molecule has 0 aliphatic heterocycles. The molecule has 1 heterocycles. The van der Waals surface area contributed by atoms with Gasteiger partial charge in [0, 0.05) is 10.9 Å². The lowest BCUT2D eigenvalue weighted by Gasteiger charge is -1.98. The van der Waals surface area contributed by atoms with E-state index in [0.29, 0.717) is 5.92 Å². The lowest BCUT2D eigenvalue weighted by Crippen LogP contribution is -2.40. The topological polar surface area (TPSA) is 27.6 Å². The number of quaternary nitrogens is 1. The highest BCUT2D eigenvalue weighted by Gasteiger charge is 2.27. The Morgan fingerprint density at radius 1 is 1.50 bits per heavy atom. The van der Waals surface area contributed by atoms with E-state index in [9.17, 15) is 0 Å². The first-order valence-corrected chi connectivity index (χ1v) is 5.45. The normalized spacial score (nSPS) is 17.3. The molecule has 0 atom stereocenters. The van der Waals surface area contributed by atoms with Crippen molar-refractivity contribution in [3.63, 3.8) is 0 Å². The highest BCUT2D eigenvalue weighted by molar-refractivity contribution is 7.12. The minimum Gasteiger partial charge on any atom is -0.324 e. The minimum absolute atomic E-state index is 0.648. The van der Waals surface area contributed by atoms with Gasteiger partial charge in [0.25, 0.3) is 0 Å². The molecule has 1 nitrogen and oxygen atoms in total. The van der Waals surface area contributed by atoms with Crippen LogP contribution in [0.2, 0.25) is 0 Å². The summed E-state index contributed by atoms with van der Waals surface area (Å²) < 4.78 is 0. The molecule has 12 heavy (non-hydrogen) atoms. The maximum Gasteiger partial charge on any atom is 0.142 e. The number of thiophene rings is 1. The van der Waals surface area contributed by atoms with Crippen molar-refractivity contribution in [2.75, 3.05) is 0 Å². The molecule has 0 saturated heterocycles. The van der Waals surface area contributed by atoms with Crippen LogP contribution in [-0.2, 0) is 0 Å². The van der Waals surface area contributed by atoms with Crippen LogP contribution in [0.3, 0.4) is 0 Å². The molecule has 0 spiro atoms. The van der Waals surface area contributed by atoms with Crippen LogP contribution >= 0.6 is 11.3 Å². The van der Waals surface area contributed by atoms with E-state index >= 15 is 0 Å². The molecule has 2 rings (SSSR count). The zero-order valence-electron chi connectivity index (χ0n) is 7.76. The first-order chi connectivity index (χ1) is 5.68. The fourth-order valence-electron chi connectivity index (χ4n) is 1.52. The molecule has 66 valence electrons. The average Bonchev–Trinajstić information content (AvgIpc) is 2.75. The van der Waals surface area contributed by atoms with Gasteiger partial charge in [-0.25, -0.2) is 0 Å². The Hall–Kier alpha value is -0.340. The molecule has 0 aromatic carbocycles. The molecular weight excluding hydrogens is 166 g/mol. The molecule has 0 unspecified atom stereocenters. The summed E-state index contributed by atoms with van der Waals surface area (Å²) in [6.45, 7) is 4.49. The summed E-state index contributed by atoms with van der Waals surface area (Å²) in [7, 11) is 0. The van der Waals surface area contributed by atoms with Crippen molar-refractivity contribution in [3.8, 4) is 0 Å². The van der Waals surface area contributed by atoms with E-state index in [4.69, 9.17) is 0 Å². The van der Waals surface area contributed by atoms with Gasteiger partial charge in [-0.1, -0.05) is 13.8 Å². The molecule has 0 radical (unpaired) electrons. The SMILES string of the molecule is CC(C)c1sc(C2CC2)cc1[NH3+]. The van der Waals surface area contributed by atoms with Gasteiger partial charge in [0.1, 0.15) is 5.69 Å². The Balaban J connectivity index is 2.30. The Bertz CT molecular complexity index is 284. The molecule has 1 saturated carbocycles. The maximum absolute atomic E-state index is 4.08. The summed E-state index contributed by atoms with van der Waals surface area (Å²) in [5.74, 6) is 1.54. The summed E-state index contributed by atoms with van der Waals surface area (Å²) in [6.07, 6.45) is 2.80. The van der Waals surface area contributed by atoms with Crippen molar-refractivity contribution in [2.45, 2.75) is 38.5 Å². The van der Waals surface area contributed by atoms with Crippen LogP contribution in [0.25, 0.3) is 0 Å². The van der Waals surface area contributed by atoms with Gasteiger partial charge in [-0.05, 0) is 24.7 Å². The van der Waals surface area contributed by atoms with Crippen molar-refractivity contribution in [3.05, 3.63) is 15.8 Å². The summed E-state index contributed by atoms with van der Waals surface area (Å²) >= 11 is 1.98. The van der Waals surface area contributed by atoms with Gasteiger partial charge >= 0.3 is 0 Å². The van der Waals surface area contributed by atoms with Gasteiger partial charge in [0.15, 0.2) is 0 Å². The van der Waals surface area contributed by atoms with E-state index in [2.05, 4.69) is 25.6 Å². The minimum atomic E-state index is 0.648. The van der Waals surface area contributed by atoms with Crippen LogP contribution in [0.1, 0.15) is 48.3 Å². The summed E-state index contributed by atoms with van der Waals surface area (Å²) in [5.41, 5.74) is 5.34. The molecule has 1 aromatic heterocycles. The second kappa shape index (κ2) is 2.86. The molecule has 2 heteroatoms. The zero-order valence-corrected chi connectivity index (χ0v) is 8.58. The van der Waals surface area contributed by atoms with E-state index in [0.717, 1.165) is 5.92 Å². The molecule has 3 N–H and O–H groups in total. The third-order valence-corrected chi connectivity index (χ3v) is 4.01. The average molecular weight is 182 g/mol. The third-order valence-electron chi connectivity index (χ3n) is 2.36. The van der Waals surface area contributed by atoms with Crippen molar-refractivity contribution in [1.82, 2.24) is 0 Å².